The molecule has 0 aliphatic carbocycles. The van der Waals surface area contributed by atoms with Gasteiger partial charge in [0.1, 0.15) is 0 Å². The van der Waals surface area contributed by atoms with Crippen LogP contribution in [-0.2, 0) is 0 Å². The van der Waals surface area contributed by atoms with Gasteiger partial charge in [-0.25, -0.2) is 0 Å². The van der Waals surface area contributed by atoms with Crippen molar-refractivity contribution in [3.05, 3.63) is 0 Å². The molecule has 0 bridgehead atoms. The zero-order valence-corrected chi connectivity index (χ0v) is 9.27. The molecule has 0 saturated heterocycles. The van der Waals surface area contributed by atoms with E-state index in [2.05, 4.69) is 0 Å². The number of alkyl halides is 4. The van der Waals surface area contributed by atoms with Crippen molar-refractivity contribution in [3.63, 3.8) is 0 Å². The number of hydrogen-bond acceptors (Lipinski definition) is 0. The molecule has 3 radical (unpaired) electrons. The van der Waals surface area contributed by atoms with Crippen LogP contribution in [0.3, 0.4) is 0 Å². The second-order valence-corrected chi connectivity index (χ2v) is 3.75. The molecular weight excluding hydrogens is 247 g/mol. The zero-order chi connectivity index (χ0) is 10.4. The molecule has 0 saturated carbocycles. The van der Waals surface area contributed by atoms with Crippen LogP contribution in [0.4, 0.5) is 17.6 Å². The third kappa shape index (κ3) is 5.56. The normalized spacial score (nSPS) is 20.8. The Bertz CT molecular complexity index is 131. The molecule has 0 aromatic heterocycles. The van der Waals surface area contributed by atoms with Gasteiger partial charge in [-0.15, -0.1) is 0 Å². The molecular formula is C8H13AsF4+. The maximum absolute atomic E-state index is 12.7. The van der Waals surface area contributed by atoms with Gasteiger partial charge in [-0.1, -0.05) is 0 Å². The van der Waals surface area contributed by atoms with E-state index in [1.165, 1.54) is 0 Å². The van der Waals surface area contributed by atoms with Crippen LogP contribution < -0.4 is 0 Å². The van der Waals surface area contributed by atoms with Gasteiger partial charge in [-0.05, 0) is 0 Å². The predicted molar refractivity (Wildman–Crippen MR) is 45.1 cm³/mol. The van der Waals surface area contributed by atoms with E-state index in [9.17, 15) is 17.6 Å². The van der Waals surface area contributed by atoms with E-state index in [4.69, 9.17) is 0 Å². The van der Waals surface area contributed by atoms with Crippen molar-refractivity contribution < 1.29 is 17.6 Å². The minimum atomic E-state index is -1.68. The number of halogens is 4. The Labute approximate surface area is 84.6 Å². The molecule has 0 aliphatic heterocycles. The molecule has 4 unspecified atom stereocenters. The summed E-state index contributed by atoms with van der Waals surface area (Å²) in [6, 6.07) is 0. The molecule has 5 heteroatoms. The van der Waals surface area contributed by atoms with Crippen LogP contribution in [0.25, 0.3) is 0 Å². The zero-order valence-electron chi connectivity index (χ0n) is 7.39. The first kappa shape index (κ1) is 13.3. The first-order valence-electron chi connectivity index (χ1n) is 4.16. The molecule has 77 valence electrons. The molecule has 0 aromatic rings. The first-order valence-corrected chi connectivity index (χ1v) is 5.48. The maximum atomic E-state index is 12.7. The summed E-state index contributed by atoms with van der Waals surface area (Å²) in [6.45, 7) is 1.07. The Kier molecular flexibility index (Phi) is 6.83. The molecule has 0 N–H and O–H groups in total. The minimum absolute atomic E-state index is 0.0102. The van der Waals surface area contributed by atoms with Gasteiger partial charge in [-0.2, -0.15) is 0 Å². The van der Waals surface area contributed by atoms with Gasteiger partial charge < -0.3 is 0 Å². The van der Waals surface area contributed by atoms with Crippen LogP contribution in [-0.4, -0.2) is 41.5 Å². The van der Waals surface area contributed by atoms with E-state index in [0.717, 1.165) is 6.92 Å². The molecule has 13 heavy (non-hydrogen) atoms. The van der Waals surface area contributed by atoms with Gasteiger partial charge in [0, 0.05) is 0 Å². The molecule has 0 aromatic carbocycles. The summed E-state index contributed by atoms with van der Waals surface area (Å²) in [5.41, 5.74) is 0. The summed E-state index contributed by atoms with van der Waals surface area (Å²) in [7, 11) is 0. The summed E-state index contributed by atoms with van der Waals surface area (Å²) in [5.74, 6) is 0. The molecule has 0 nitrogen and oxygen atoms in total. The Hall–Kier alpha value is 0.278. The quantitative estimate of drug-likeness (QED) is 0.509. The third-order valence-electron chi connectivity index (χ3n) is 1.78. The van der Waals surface area contributed by atoms with Crippen LogP contribution in [0.1, 0.15) is 19.8 Å². The van der Waals surface area contributed by atoms with Crippen molar-refractivity contribution in [2.75, 3.05) is 0 Å². The van der Waals surface area contributed by atoms with Crippen LogP contribution in [0, 0.1) is 0 Å². The van der Waals surface area contributed by atoms with E-state index in [0.29, 0.717) is 0 Å². The molecule has 0 spiro atoms. The van der Waals surface area contributed by atoms with E-state index >= 15 is 0 Å². The topological polar surface area (TPSA) is 0 Å². The molecule has 0 rings (SSSR count). The standard InChI is InChI=1S/C8H13AsF4/c1-5(10)6(11)2-3-7(12)8(13)4-9/h5-8H,2-4H2,1H3/q+1. The molecule has 0 fully saturated rings. The fourth-order valence-corrected chi connectivity index (χ4v) is 1.32. The Morgan fingerprint density at radius 2 is 1.38 bits per heavy atom. The summed E-state index contributed by atoms with van der Waals surface area (Å²) in [4.78, 5) is 0. The van der Waals surface area contributed by atoms with Crippen molar-refractivity contribution in [2.45, 2.75) is 49.7 Å². The number of hydrogen-bond donors (Lipinski definition) is 0. The molecule has 0 amide bonds. The monoisotopic (exact) mass is 260 g/mol. The van der Waals surface area contributed by atoms with E-state index in [-0.39, 0.29) is 18.1 Å². The second kappa shape index (κ2) is 6.69. The van der Waals surface area contributed by atoms with Crippen molar-refractivity contribution in [1.82, 2.24) is 0 Å². The van der Waals surface area contributed by atoms with Gasteiger partial charge in [0.05, 0.1) is 0 Å². The summed E-state index contributed by atoms with van der Waals surface area (Å²) in [6.07, 6.45) is -7.07. The molecule has 0 aliphatic rings. The molecule has 0 heterocycles. The fourth-order valence-electron chi connectivity index (χ4n) is 0.843. The van der Waals surface area contributed by atoms with Gasteiger partial charge in [0.2, 0.25) is 0 Å². The first-order chi connectivity index (χ1) is 5.99. The van der Waals surface area contributed by atoms with Gasteiger partial charge in [0.25, 0.3) is 0 Å². The Morgan fingerprint density at radius 3 is 1.77 bits per heavy atom. The third-order valence-corrected chi connectivity index (χ3v) is 2.52. The van der Waals surface area contributed by atoms with Crippen molar-refractivity contribution in [1.29, 1.82) is 0 Å². The van der Waals surface area contributed by atoms with Crippen LogP contribution in [0.15, 0.2) is 0 Å². The Balaban J connectivity index is 3.63. The van der Waals surface area contributed by atoms with Crippen LogP contribution in [0.2, 0.25) is 5.21 Å². The Morgan fingerprint density at radius 1 is 0.923 bits per heavy atom. The van der Waals surface area contributed by atoms with Gasteiger partial charge >= 0.3 is 84.1 Å². The summed E-state index contributed by atoms with van der Waals surface area (Å²) >= 11 is 1.93. The van der Waals surface area contributed by atoms with Crippen LogP contribution in [0.5, 0.6) is 0 Å². The predicted octanol–water partition coefficient (Wildman–Crippen LogP) is 2.73. The second-order valence-electron chi connectivity index (χ2n) is 2.99. The SMILES string of the molecule is CC(F)C(F)CCC(F)C(F)C[As+]. The van der Waals surface area contributed by atoms with Gasteiger partial charge in [-0.3, -0.25) is 0 Å². The van der Waals surface area contributed by atoms with Crippen molar-refractivity contribution in [2.24, 2.45) is 0 Å². The van der Waals surface area contributed by atoms with Gasteiger partial charge in [0.15, 0.2) is 0 Å². The molecule has 4 atom stereocenters. The van der Waals surface area contributed by atoms with Crippen molar-refractivity contribution in [3.8, 4) is 0 Å². The van der Waals surface area contributed by atoms with E-state index in [1.54, 1.807) is 0 Å². The average Bonchev–Trinajstić information content (AvgIpc) is 2.11. The average molecular weight is 260 g/mol. The number of rotatable bonds is 6. The van der Waals surface area contributed by atoms with Crippen molar-refractivity contribution >= 4 is 16.9 Å². The van der Waals surface area contributed by atoms with E-state index in [1.807, 2.05) is 16.9 Å². The van der Waals surface area contributed by atoms with Crippen LogP contribution >= 0.6 is 0 Å². The summed E-state index contributed by atoms with van der Waals surface area (Å²) < 4.78 is 50.1. The van der Waals surface area contributed by atoms with E-state index < -0.39 is 24.7 Å². The summed E-state index contributed by atoms with van der Waals surface area (Å²) in [5, 5.41) is 0.0102. The fraction of sp³-hybridized carbons (Fsp3) is 1.00.